The van der Waals surface area contributed by atoms with Gasteiger partial charge in [-0.1, -0.05) is 0 Å². The number of rotatable bonds is 6. The average molecular weight is 372 g/mol. The first-order valence-electron chi connectivity index (χ1n) is 9.83. The number of ether oxygens (including phenoxy) is 2. The highest BCUT2D eigenvalue weighted by atomic mass is 16.5. The number of fused-ring (bicyclic) bond motifs is 3. The molecule has 1 aromatic carbocycles. The van der Waals surface area contributed by atoms with E-state index in [0.717, 1.165) is 93.6 Å². The lowest BCUT2D eigenvalue weighted by Crippen LogP contribution is -2.40. The molecule has 0 aliphatic carbocycles. The van der Waals surface area contributed by atoms with Gasteiger partial charge in [0.1, 0.15) is 5.75 Å². The summed E-state index contributed by atoms with van der Waals surface area (Å²) < 4.78 is 11.0. The van der Waals surface area contributed by atoms with Crippen molar-refractivity contribution >= 4 is 17.3 Å². The monoisotopic (exact) mass is 372 g/mol. The van der Waals surface area contributed by atoms with Gasteiger partial charge in [-0.3, -0.25) is 14.7 Å². The van der Waals surface area contributed by atoms with Crippen molar-refractivity contribution in [3.8, 4) is 5.75 Å². The molecule has 1 unspecified atom stereocenters. The van der Waals surface area contributed by atoms with Crippen LogP contribution in [0.25, 0.3) is 0 Å². The van der Waals surface area contributed by atoms with E-state index in [9.17, 15) is 4.79 Å². The molecule has 4 rings (SSSR count). The van der Waals surface area contributed by atoms with Crippen molar-refractivity contribution in [1.82, 2.24) is 10.2 Å². The van der Waals surface area contributed by atoms with Crippen molar-refractivity contribution < 1.29 is 14.3 Å². The number of benzene rings is 1. The summed E-state index contributed by atoms with van der Waals surface area (Å²) in [7, 11) is 1.68. The van der Waals surface area contributed by atoms with Gasteiger partial charge in [0.2, 0.25) is 5.91 Å². The van der Waals surface area contributed by atoms with E-state index in [-0.39, 0.29) is 11.8 Å². The first kappa shape index (κ1) is 18.4. The Labute approximate surface area is 160 Å². The van der Waals surface area contributed by atoms with Crippen LogP contribution in [0.5, 0.6) is 5.75 Å². The molecule has 7 heteroatoms. The van der Waals surface area contributed by atoms with Gasteiger partial charge in [0.15, 0.2) is 0 Å². The number of morpholine rings is 1. The lowest BCUT2D eigenvalue weighted by Gasteiger charge is -2.30. The minimum atomic E-state index is -0.141. The highest BCUT2D eigenvalue weighted by Gasteiger charge is 2.35. The van der Waals surface area contributed by atoms with Crippen molar-refractivity contribution in [3.63, 3.8) is 0 Å². The number of amides is 1. The lowest BCUT2D eigenvalue weighted by molar-refractivity contribution is -0.118. The summed E-state index contributed by atoms with van der Waals surface area (Å²) in [6.45, 7) is 7.11. The molecule has 0 saturated carbocycles. The minimum Gasteiger partial charge on any atom is -0.496 e. The minimum absolute atomic E-state index is 0.0560. The fraction of sp³-hybridized carbons (Fsp3) is 0.600. The van der Waals surface area contributed by atoms with Crippen molar-refractivity contribution in [2.75, 3.05) is 58.4 Å². The van der Waals surface area contributed by atoms with E-state index < -0.39 is 0 Å². The van der Waals surface area contributed by atoms with Gasteiger partial charge in [-0.2, -0.15) is 0 Å². The van der Waals surface area contributed by atoms with Crippen molar-refractivity contribution in [2.45, 2.75) is 19.4 Å². The first-order valence-corrected chi connectivity index (χ1v) is 9.83. The maximum Gasteiger partial charge on any atom is 0.233 e. The predicted molar refractivity (Wildman–Crippen MR) is 105 cm³/mol. The smallest absolute Gasteiger partial charge is 0.233 e. The molecule has 0 bridgehead atoms. The second-order valence-corrected chi connectivity index (χ2v) is 7.30. The number of hydrogen-bond donors (Lipinski definition) is 2. The van der Waals surface area contributed by atoms with Crippen LogP contribution >= 0.6 is 0 Å². The predicted octanol–water partition coefficient (Wildman–Crippen LogP) is 1.27. The van der Waals surface area contributed by atoms with Crippen LogP contribution in [0.3, 0.4) is 0 Å². The van der Waals surface area contributed by atoms with Crippen molar-refractivity contribution in [2.24, 2.45) is 10.9 Å². The summed E-state index contributed by atoms with van der Waals surface area (Å²) in [5.41, 5.74) is 3.77. The van der Waals surface area contributed by atoms with E-state index in [1.807, 2.05) is 6.07 Å². The zero-order valence-electron chi connectivity index (χ0n) is 15.9. The SMILES string of the molecule is COc1cc(CNCCN2CCOCC2)cc2c1C1=NCCCC1C(=O)N2. The summed E-state index contributed by atoms with van der Waals surface area (Å²) >= 11 is 0. The molecule has 3 aliphatic rings. The highest BCUT2D eigenvalue weighted by Crippen LogP contribution is 2.37. The summed E-state index contributed by atoms with van der Waals surface area (Å²) in [5, 5.41) is 6.56. The van der Waals surface area contributed by atoms with Crippen LogP contribution in [0.2, 0.25) is 0 Å². The summed E-state index contributed by atoms with van der Waals surface area (Å²) in [4.78, 5) is 19.5. The van der Waals surface area contributed by atoms with E-state index in [2.05, 4.69) is 26.6 Å². The molecule has 1 saturated heterocycles. The maximum atomic E-state index is 12.5. The van der Waals surface area contributed by atoms with Gasteiger partial charge < -0.3 is 20.1 Å². The van der Waals surface area contributed by atoms with Gasteiger partial charge in [0.05, 0.1) is 43.2 Å². The summed E-state index contributed by atoms with van der Waals surface area (Å²) in [6, 6.07) is 4.11. The van der Waals surface area contributed by atoms with E-state index in [1.165, 1.54) is 0 Å². The first-order chi connectivity index (χ1) is 13.3. The zero-order chi connectivity index (χ0) is 18.6. The molecule has 0 aromatic heterocycles. The maximum absolute atomic E-state index is 12.5. The number of aliphatic imine (C=N–C) groups is 1. The van der Waals surface area contributed by atoms with Crippen LogP contribution in [-0.2, 0) is 16.1 Å². The molecule has 2 N–H and O–H groups in total. The van der Waals surface area contributed by atoms with Gasteiger partial charge in [0.25, 0.3) is 0 Å². The molecule has 3 heterocycles. The standard InChI is InChI=1S/C20H28N4O3/c1-26-17-12-14(13-21-5-6-24-7-9-27-10-8-24)11-16-18(17)19-15(20(25)23-16)3-2-4-22-19/h11-12,15,21H,2-10,13H2,1H3,(H,23,25). The van der Waals surface area contributed by atoms with Gasteiger partial charge in [-0.25, -0.2) is 0 Å². The normalized spacial score (nSPS) is 22.5. The molecule has 1 fully saturated rings. The van der Waals surface area contributed by atoms with Crippen LogP contribution in [0.1, 0.15) is 24.0 Å². The van der Waals surface area contributed by atoms with Gasteiger partial charge in [-0.05, 0) is 30.5 Å². The quantitative estimate of drug-likeness (QED) is 0.736. The number of anilines is 1. The van der Waals surface area contributed by atoms with Gasteiger partial charge in [0, 0.05) is 39.3 Å². The van der Waals surface area contributed by atoms with E-state index in [1.54, 1.807) is 7.11 Å². The fourth-order valence-corrected chi connectivity index (χ4v) is 4.06. The van der Waals surface area contributed by atoms with Crippen LogP contribution in [0.15, 0.2) is 17.1 Å². The number of carbonyl (C=O) groups excluding carboxylic acids is 1. The summed E-state index contributed by atoms with van der Waals surface area (Å²) in [5.74, 6) is 0.709. The Hall–Kier alpha value is -1.96. The second kappa shape index (κ2) is 8.37. The molecule has 1 atom stereocenters. The Morgan fingerprint density at radius 2 is 2.22 bits per heavy atom. The highest BCUT2D eigenvalue weighted by molar-refractivity contribution is 6.24. The molecular formula is C20H28N4O3. The molecular weight excluding hydrogens is 344 g/mol. The van der Waals surface area contributed by atoms with Gasteiger partial charge in [-0.15, -0.1) is 0 Å². The van der Waals surface area contributed by atoms with E-state index in [0.29, 0.717) is 0 Å². The molecule has 27 heavy (non-hydrogen) atoms. The molecule has 146 valence electrons. The Morgan fingerprint density at radius 1 is 1.37 bits per heavy atom. The Balaban J connectivity index is 1.45. The second-order valence-electron chi connectivity index (χ2n) is 7.30. The van der Waals surface area contributed by atoms with Crippen molar-refractivity contribution in [3.05, 3.63) is 23.3 Å². The third-order valence-electron chi connectivity index (χ3n) is 5.51. The van der Waals surface area contributed by atoms with E-state index >= 15 is 0 Å². The summed E-state index contributed by atoms with van der Waals surface area (Å²) in [6.07, 6.45) is 1.82. The largest absolute Gasteiger partial charge is 0.496 e. The number of hydrogen-bond acceptors (Lipinski definition) is 6. The number of carbonyl (C=O) groups is 1. The van der Waals surface area contributed by atoms with Crippen LogP contribution in [0, 0.1) is 5.92 Å². The lowest BCUT2D eigenvalue weighted by atomic mass is 9.84. The third kappa shape index (κ3) is 4.00. The molecule has 7 nitrogen and oxygen atoms in total. The topological polar surface area (TPSA) is 75.2 Å². The molecule has 0 radical (unpaired) electrons. The fourth-order valence-electron chi connectivity index (χ4n) is 4.06. The van der Waals surface area contributed by atoms with Gasteiger partial charge >= 0.3 is 0 Å². The zero-order valence-corrected chi connectivity index (χ0v) is 15.9. The number of nitrogens with one attached hydrogen (secondary N) is 2. The van der Waals surface area contributed by atoms with E-state index in [4.69, 9.17) is 9.47 Å². The van der Waals surface area contributed by atoms with Crippen LogP contribution in [0.4, 0.5) is 5.69 Å². The van der Waals surface area contributed by atoms with Crippen molar-refractivity contribution in [1.29, 1.82) is 0 Å². The molecule has 0 spiro atoms. The molecule has 1 aromatic rings. The third-order valence-corrected chi connectivity index (χ3v) is 5.51. The average Bonchev–Trinajstić information content (AvgIpc) is 2.71. The Bertz CT molecular complexity index is 728. The number of methoxy groups -OCH3 is 1. The van der Waals surface area contributed by atoms with Crippen LogP contribution < -0.4 is 15.4 Å². The Morgan fingerprint density at radius 3 is 3.04 bits per heavy atom. The Kier molecular flexibility index (Phi) is 5.71. The molecule has 3 aliphatic heterocycles. The molecule has 1 amide bonds. The number of nitrogens with zero attached hydrogens (tertiary/aromatic N) is 2. The van der Waals surface area contributed by atoms with Crippen LogP contribution in [-0.4, -0.2) is 69.6 Å².